The summed E-state index contributed by atoms with van der Waals surface area (Å²) in [5.74, 6) is 0. The summed E-state index contributed by atoms with van der Waals surface area (Å²) < 4.78 is 2.40. The van der Waals surface area contributed by atoms with Crippen LogP contribution in [0.15, 0.2) is 53.0 Å². The highest BCUT2D eigenvalue weighted by molar-refractivity contribution is 14.1. The summed E-state index contributed by atoms with van der Waals surface area (Å²) in [4.78, 5) is 0. The maximum Gasteiger partial charge on any atom is 0.0297 e. The zero-order valence-electron chi connectivity index (χ0n) is 11.0. The normalized spacial score (nSPS) is 14.1. The van der Waals surface area contributed by atoms with Crippen molar-refractivity contribution in [3.8, 4) is 0 Å². The molecule has 0 fully saturated rings. The van der Waals surface area contributed by atoms with Gasteiger partial charge in [0.2, 0.25) is 0 Å². The van der Waals surface area contributed by atoms with Crippen LogP contribution in [0.1, 0.15) is 37.1 Å². The van der Waals surface area contributed by atoms with Crippen LogP contribution in [0, 0.1) is 3.57 Å². The molecule has 0 aliphatic heterocycles. The Balaban J connectivity index is 2.06. The largest absolute Gasteiger partial charge is 0.304 e. The van der Waals surface area contributed by atoms with Crippen LogP contribution in [-0.2, 0) is 0 Å². The number of benzene rings is 2. The molecule has 0 aromatic heterocycles. The lowest BCUT2D eigenvalue weighted by Gasteiger charge is -2.21. The first-order chi connectivity index (χ1) is 9.06. The topological polar surface area (TPSA) is 12.0 Å². The van der Waals surface area contributed by atoms with Crippen LogP contribution in [-0.4, -0.2) is 0 Å². The summed E-state index contributed by atoms with van der Waals surface area (Å²) in [7, 11) is 0. The molecule has 0 spiro atoms. The predicted octanol–water partition coefficient (Wildman–Crippen LogP) is 5.47. The molecular formula is C16H17BrIN. The Bertz CT molecular complexity index is 539. The fraction of sp³-hybridized carbons (Fsp3) is 0.250. The average Bonchev–Trinajstić information content (AvgIpc) is 2.39. The summed E-state index contributed by atoms with van der Waals surface area (Å²) in [5.41, 5.74) is 2.62. The van der Waals surface area contributed by atoms with Gasteiger partial charge in [0, 0.05) is 20.1 Å². The molecule has 2 rings (SSSR count). The third kappa shape index (κ3) is 4.29. The van der Waals surface area contributed by atoms with Crippen molar-refractivity contribution in [1.29, 1.82) is 0 Å². The van der Waals surface area contributed by atoms with Crippen LogP contribution in [0.5, 0.6) is 0 Å². The average molecular weight is 430 g/mol. The summed E-state index contributed by atoms with van der Waals surface area (Å²) in [6.45, 7) is 4.40. The molecule has 1 N–H and O–H groups in total. The minimum absolute atomic E-state index is 0.326. The van der Waals surface area contributed by atoms with Gasteiger partial charge in [0.15, 0.2) is 0 Å². The molecule has 100 valence electrons. The smallest absolute Gasteiger partial charge is 0.0297 e. The summed E-state index contributed by atoms with van der Waals surface area (Å²) in [6, 6.07) is 17.8. The summed E-state index contributed by atoms with van der Waals surface area (Å²) in [6.07, 6.45) is 0. The Labute approximate surface area is 137 Å². The molecule has 2 atom stereocenters. The number of hydrogen-bond acceptors (Lipinski definition) is 1. The minimum Gasteiger partial charge on any atom is -0.304 e. The highest BCUT2D eigenvalue weighted by Crippen LogP contribution is 2.22. The van der Waals surface area contributed by atoms with E-state index >= 15 is 0 Å². The van der Waals surface area contributed by atoms with Crippen molar-refractivity contribution in [2.24, 2.45) is 0 Å². The predicted molar refractivity (Wildman–Crippen MR) is 93.3 cm³/mol. The zero-order chi connectivity index (χ0) is 13.8. The van der Waals surface area contributed by atoms with Gasteiger partial charge < -0.3 is 5.32 Å². The highest BCUT2D eigenvalue weighted by Gasteiger charge is 2.11. The van der Waals surface area contributed by atoms with Crippen molar-refractivity contribution < 1.29 is 0 Å². The molecule has 0 aliphatic carbocycles. The van der Waals surface area contributed by atoms with E-state index in [-0.39, 0.29) is 0 Å². The standard InChI is InChI=1S/C16H17BrIN/c1-11(13-6-8-16(18)9-7-13)19-12(2)14-4-3-5-15(17)10-14/h3-12,19H,1-2H3. The molecule has 0 heterocycles. The number of hydrogen-bond donors (Lipinski definition) is 1. The van der Waals surface area contributed by atoms with Crippen molar-refractivity contribution in [1.82, 2.24) is 5.32 Å². The van der Waals surface area contributed by atoms with E-state index in [0.717, 1.165) is 4.47 Å². The van der Waals surface area contributed by atoms with E-state index in [1.54, 1.807) is 0 Å². The fourth-order valence-corrected chi connectivity index (χ4v) is 2.87. The van der Waals surface area contributed by atoms with Crippen LogP contribution in [0.3, 0.4) is 0 Å². The van der Waals surface area contributed by atoms with Gasteiger partial charge in [0.25, 0.3) is 0 Å². The fourth-order valence-electron chi connectivity index (χ4n) is 2.09. The molecule has 2 unspecified atom stereocenters. The number of halogens is 2. The molecule has 1 nitrogen and oxygen atoms in total. The van der Waals surface area contributed by atoms with Crippen LogP contribution in [0.25, 0.3) is 0 Å². The van der Waals surface area contributed by atoms with Gasteiger partial charge in [-0.2, -0.15) is 0 Å². The number of nitrogens with one attached hydrogen (secondary N) is 1. The van der Waals surface area contributed by atoms with Gasteiger partial charge in [0.1, 0.15) is 0 Å². The molecule has 0 saturated heterocycles. The van der Waals surface area contributed by atoms with Gasteiger partial charge in [0.05, 0.1) is 0 Å². The van der Waals surface area contributed by atoms with Crippen molar-refractivity contribution >= 4 is 38.5 Å². The van der Waals surface area contributed by atoms with Crippen molar-refractivity contribution in [3.63, 3.8) is 0 Å². The van der Waals surface area contributed by atoms with Gasteiger partial charge in [-0.1, -0.05) is 40.2 Å². The van der Waals surface area contributed by atoms with Crippen molar-refractivity contribution in [2.45, 2.75) is 25.9 Å². The van der Waals surface area contributed by atoms with Gasteiger partial charge >= 0.3 is 0 Å². The van der Waals surface area contributed by atoms with Gasteiger partial charge in [-0.05, 0) is 71.8 Å². The Morgan fingerprint density at radius 3 is 2.21 bits per heavy atom. The van der Waals surface area contributed by atoms with Crippen molar-refractivity contribution in [3.05, 3.63) is 67.7 Å². The SMILES string of the molecule is CC(NC(C)c1cccc(Br)c1)c1ccc(I)cc1. The molecule has 0 saturated carbocycles. The Hall–Kier alpha value is -0.390. The summed E-state index contributed by atoms with van der Waals surface area (Å²) in [5, 5.41) is 3.64. The second kappa shape index (κ2) is 6.86. The van der Waals surface area contributed by atoms with E-state index in [4.69, 9.17) is 0 Å². The lowest BCUT2D eigenvalue weighted by atomic mass is 10.0. The third-order valence-corrected chi connectivity index (χ3v) is 4.43. The Kier molecular flexibility index (Phi) is 5.42. The molecule has 0 bridgehead atoms. The van der Waals surface area contributed by atoms with Crippen LogP contribution in [0.4, 0.5) is 0 Å². The summed E-state index contributed by atoms with van der Waals surface area (Å²) >= 11 is 5.85. The molecular weight excluding hydrogens is 413 g/mol. The van der Waals surface area contributed by atoms with Crippen LogP contribution >= 0.6 is 38.5 Å². The molecule has 0 amide bonds. The van der Waals surface area contributed by atoms with Crippen LogP contribution in [0.2, 0.25) is 0 Å². The molecule has 0 aliphatic rings. The van der Waals surface area contributed by atoms with E-state index in [9.17, 15) is 0 Å². The molecule has 0 radical (unpaired) electrons. The van der Waals surface area contributed by atoms with E-state index in [0.29, 0.717) is 12.1 Å². The van der Waals surface area contributed by atoms with E-state index in [1.165, 1.54) is 14.7 Å². The van der Waals surface area contributed by atoms with Gasteiger partial charge in [-0.3, -0.25) is 0 Å². The van der Waals surface area contributed by atoms with E-state index < -0.39 is 0 Å². The van der Waals surface area contributed by atoms with E-state index in [1.807, 2.05) is 0 Å². The van der Waals surface area contributed by atoms with Crippen molar-refractivity contribution in [2.75, 3.05) is 0 Å². The zero-order valence-corrected chi connectivity index (χ0v) is 14.8. The van der Waals surface area contributed by atoms with Crippen LogP contribution < -0.4 is 5.32 Å². The molecule has 2 aromatic rings. The lowest BCUT2D eigenvalue weighted by molar-refractivity contribution is 0.494. The van der Waals surface area contributed by atoms with Gasteiger partial charge in [-0.15, -0.1) is 0 Å². The molecule has 2 aromatic carbocycles. The lowest BCUT2D eigenvalue weighted by Crippen LogP contribution is -2.22. The van der Waals surface area contributed by atoms with E-state index in [2.05, 4.69) is 106 Å². The first-order valence-electron chi connectivity index (χ1n) is 6.33. The third-order valence-electron chi connectivity index (χ3n) is 3.22. The second-order valence-electron chi connectivity index (χ2n) is 4.72. The molecule has 19 heavy (non-hydrogen) atoms. The quantitative estimate of drug-likeness (QED) is 0.635. The minimum atomic E-state index is 0.326. The molecule has 3 heteroatoms. The Morgan fingerprint density at radius 2 is 1.58 bits per heavy atom. The first-order valence-corrected chi connectivity index (χ1v) is 8.20. The first kappa shape index (κ1) is 15.0. The maximum atomic E-state index is 3.64. The maximum absolute atomic E-state index is 3.64. The van der Waals surface area contributed by atoms with Gasteiger partial charge in [-0.25, -0.2) is 0 Å². The Morgan fingerprint density at radius 1 is 0.947 bits per heavy atom. The monoisotopic (exact) mass is 429 g/mol. The number of rotatable bonds is 4. The highest BCUT2D eigenvalue weighted by atomic mass is 127. The second-order valence-corrected chi connectivity index (χ2v) is 6.88.